The number of halogens is 1. The molecule has 0 bridgehead atoms. The Kier molecular flexibility index (Phi) is 5.26. The van der Waals surface area contributed by atoms with Gasteiger partial charge in [0.05, 0.1) is 0 Å². The van der Waals surface area contributed by atoms with Gasteiger partial charge in [-0.05, 0) is 13.1 Å². The number of rotatable bonds is 6. The molecule has 0 amide bonds. The van der Waals surface area contributed by atoms with E-state index < -0.39 is 23.7 Å². The summed E-state index contributed by atoms with van der Waals surface area (Å²) in [4.78, 5) is 0. The van der Waals surface area contributed by atoms with Gasteiger partial charge in [-0.2, -0.15) is 0 Å². The third-order valence-corrected chi connectivity index (χ3v) is 6.83. The maximum absolute atomic E-state index is 12.5. The number of hydrogen-bond donors (Lipinski definition) is 0. The van der Waals surface area contributed by atoms with E-state index in [1.165, 1.54) is 21.3 Å². The van der Waals surface area contributed by atoms with Crippen molar-refractivity contribution in [2.75, 3.05) is 27.6 Å². The van der Waals surface area contributed by atoms with Crippen LogP contribution in [-0.4, -0.2) is 45.0 Å². The molecule has 0 atom stereocenters. The van der Waals surface area contributed by atoms with E-state index >= 15 is 0 Å². The Morgan fingerprint density at radius 3 is 1.62 bits per heavy atom. The molecule has 0 N–H and O–H groups in total. The molecule has 7 heteroatoms. The normalized spacial score (nSPS) is 13.4. The van der Waals surface area contributed by atoms with Crippen LogP contribution >= 0.6 is 0 Å². The molecule has 0 aliphatic heterocycles. The van der Waals surface area contributed by atoms with E-state index in [2.05, 4.69) is 0 Å². The monoisotopic (exact) mass is 228 g/mol. The van der Waals surface area contributed by atoms with Crippen molar-refractivity contribution in [3.05, 3.63) is 0 Å². The van der Waals surface area contributed by atoms with Crippen molar-refractivity contribution in [3.63, 3.8) is 0 Å². The molecule has 0 heterocycles. The molecule has 0 aliphatic rings. The van der Waals surface area contributed by atoms with Gasteiger partial charge >= 0.3 is 9.05 Å². The molecule has 0 aromatic carbocycles. The number of alkyl halides is 1. The third-order valence-electron chi connectivity index (χ3n) is 1.47. The van der Waals surface area contributed by atoms with Crippen LogP contribution in [0.5, 0.6) is 0 Å². The first-order valence-corrected chi connectivity index (χ1v) is 8.61. The zero-order valence-corrected chi connectivity index (χ0v) is 10.7. The highest BCUT2D eigenvalue weighted by atomic mass is 28.5. The fourth-order valence-electron chi connectivity index (χ4n) is 0.741. The molecule has 4 nitrogen and oxygen atoms in total. The van der Waals surface area contributed by atoms with E-state index in [-0.39, 0.29) is 0 Å². The Bertz CT molecular complexity index is 143. The maximum Gasteiger partial charge on any atom is 0.668 e. The van der Waals surface area contributed by atoms with Crippen LogP contribution in [0.25, 0.3) is 0 Å². The van der Waals surface area contributed by atoms with E-state index in [0.29, 0.717) is 0 Å². The topological polar surface area (TPSA) is 36.9 Å². The van der Waals surface area contributed by atoms with Crippen LogP contribution in [0, 0.1) is 0 Å². The van der Waals surface area contributed by atoms with Crippen molar-refractivity contribution in [2.45, 2.75) is 13.1 Å². The lowest BCUT2D eigenvalue weighted by atomic mass is 11.8. The Hall–Kier alpha value is 0.204. The van der Waals surface area contributed by atoms with Crippen molar-refractivity contribution in [1.29, 1.82) is 0 Å². The molecule has 0 rings (SSSR count). The molecule has 0 aromatic heterocycles. The second-order valence-electron chi connectivity index (χ2n) is 3.11. The van der Waals surface area contributed by atoms with E-state index in [1.54, 1.807) is 13.1 Å². The van der Waals surface area contributed by atoms with Gasteiger partial charge in [-0.15, -0.1) is 0 Å². The Balaban J connectivity index is 4.41. The van der Waals surface area contributed by atoms with Crippen molar-refractivity contribution in [3.8, 4) is 0 Å². The van der Waals surface area contributed by atoms with Gasteiger partial charge in [0.2, 0.25) is 8.32 Å². The van der Waals surface area contributed by atoms with Crippen molar-refractivity contribution >= 4 is 17.4 Å². The molecule has 13 heavy (non-hydrogen) atoms. The van der Waals surface area contributed by atoms with Crippen molar-refractivity contribution in [1.82, 2.24) is 0 Å². The molecule has 0 aliphatic carbocycles. The minimum absolute atomic E-state index is 0.488. The van der Waals surface area contributed by atoms with Crippen LogP contribution in [0.4, 0.5) is 4.39 Å². The minimum atomic E-state index is -3.05. The van der Waals surface area contributed by atoms with Crippen molar-refractivity contribution < 1.29 is 21.8 Å². The SMILES string of the molecule is CO[Si](OC)(OC)O[Si](C)(C)CF. The Morgan fingerprint density at radius 2 is 1.38 bits per heavy atom. The first-order valence-electron chi connectivity index (χ1n) is 3.87. The second-order valence-corrected chi connectivity index (χ2v) is 9.94. The van der Waals surface area contributed by atoms with Gasteiger partial charge in [0.15, 0.2) is 0 Å². The van der Waals surface area contributed by atoms with Crippen LogP contribution in [0.3, 0.4) is 0 Å². The molecule has 0 saturated carbocycles. The molecular formula is C6H17FO4Si2. The lowest BCUT2D eigenvalue weighted by molar-refractivity contribution is 0.0470. The molecule has 0 spiro atoms. The summed E-state index contributed by atoms with van der Waals surface area (Å²) in [6.45, 7) is 3.48. The zero-order chi connectivity index (χ0) is 10.5. The van der Waals surface area contributed by atoms with Gasteiger partial charge in [-0.1, -0.05) is 0 Å². The van der Waals surface area contributed by atoms with Gasteiger partial charge in [0, 0.05) is 21.3 Å². The zero-order valence-electron chi connectivity index (χ0n) is 8.72. The minimum Gasteiger partial charge on any atom is -0.391 e. The van der Waals surface area contributed by atoms with Crippen LogP contribution in [-0.2, 0) is 17.4 Å². The predicted molar refractivity (Wildman–Crippen MR) is 51.3 cm³/mol. The van der Waals surface area contributed by atoms with Crippen LogP contribution in [0.2, 0.25) is 13.1 Å². The van der Waals surface area contributed by atoms with Crippen molar-refractivity contribution in [2.24, 2.45) is 0 Å². The lowest BCUT2D eigenvalue weighted by Gasteiger charge is -2.30. The van der Waals surface area contributed by atoms with Crippen LogP contribution in [0.1, 0.15) is 0 Å². The fourth-order valence-corrected chi connectivity index (χ4v) is 5.17. The summed E-state index contributed by atoms with van der Waals surface area (Å²) < 4.78 is 33.0. The largest absolute Gasteiger partial charge is 0.668 e. The average Bonchev–Trinajstić information content (AvgIpc) is 2.14. The Labute approximate surface area is 80.6 Å². The molecular weight excluding hydrogens is 211 g/mol. The quantitative estimate of drug-likeness (QED) is 0.638. The smallest absolute Gasteiger partial charge is 0.391 e. The molecule has 80 valence electrons. The van der Waals surface area contributed by atoms with E-state index in [1.807, 2.05) is 0 Å². The van der Waals surface area contributed by atoms with Gasteiger partial charge < -0.3 is 17.4 Å². The van der Waals surface area contributed by atoms with Gasteiger partial charge in [-0.25, -0.2) is 0 Å². The number of hydrogen-bond acceptors (Lipinski definition) is 4. The van der Waals surface area contributed by atoms with E-state index in [4.69, 9.17) is 17.4 Å². The highest BCUT2D eigenvalue weighted by Crippen LogP contribution is 2.16. The highest BCUT2D eigenvalue weighted by molar-refractivity contribution is 6.78. The summed E-state index contributed by atoms with van der Waals surface area (Å²) in [5.74, 6) is 0. The summed E-state index contributed by atoms with van der Waals surface area (Å²) >= 11 is 0. The summed E-state index contributed by atoms with van der Waals surface area (Å²) in [6.07, 6.45) is -0.488. The van der Waals surface area contributed by atoms with E-state index in [9.17, 15) is 4.39 Å². The second kappa shape index (κ2) is 5.18. The first kappa shape index (κ1) is 13.2. The molecule has 0 fully saturated rings. The Morgan fingerprint density at radius 1 is 1.00 bits per heavy atom. The maximum atomic E-state index is 12.5. The lowest BCUT2D eigenvalue weighted by Crippen LogP contribution is -2.55. The van der Waals surface area contributed by atoms with Crippen LogP contribution < -0.4 is 0 Å². The van der Waals surface area contributed by atoms with Gasteiger partial charge in [-0.3, -0.25) is 4.39 Å². The van der Waals surface area contributed by atoms with Gasteiger partial charge in [0.1, 0.15) is 6.30 Å². The fraction of sp³-hybridized carbons (Fsp3) is 1.00. The van der Waals surface area contributed by atoms with Gasteiger partial charge in [0.25, 0.3) is 0 Å². The molecule has 0 saturated heterocycles. The van der Waals surface area contributed by atoms with Crippen LogP contribution in [0.15, 0.2) is 0 Å². The third kappa shape index (κ3) is 3.83. The summed E-state index contributed by atoms with van der Waals surface area (Å²) in [5.41, 5.74) is 0. The molecule has 0 radical (unpaired) electrons. The van der Waals surface area contributed by atoms with E-state index in [0.717, 1.165) is 0 Å². The first-order chi connectivity index (χ1) is 5.95. The average molecular weight is 228 g/mol. The summed E-state index contributed by atoms with van der Waals surface area (Å²) in [5, 5.41) is 0. The standard InChI is InChI=1S/C6H17FO4Si2/c1-8-13(9-2,10-3)11-12(4,5)6-7/h6H2,1-5H3. The molecule has 0 unspecified atom stereocenters. The molecule has 0 aromatic rings. The predicted octanol–water partition coefficient (Wildman–Crippen LogP) is 1.09. The summed E-state index contributed by atoms with van der Waals surface area (Å²) in [7, 11) is -1.11. The summed E-state index contributed by atoms with van der Waals surface area (Å²) in [6, 6.07) is 0. The highest BCUT2D eigenvalue weighted by Gasteiger charge is 2.47.